The Morgan fingerprint density at radius 2 is 2.05 bits per heavy atom. The van der Waals surface area contributed by atoms with Crippen molar-refractivity contribution in [1.82, 2.24) is 0 Å². The first-order chi connectivity index (χ1) is 9.28. The fourth-order valence-electron chi connectivity index (χ4n) is 2.80. The van der Waals surface area contributed by atoms with Crippen molar-refractivity contribution in [3.8, 4) is 5.75 Å². The van der Waals surface area contributed by atoms with E-state index in [1.165, 1.54) is 25.3 Å². The van der Waals surface area contributed by atoms with Crippen molar-refractivity contribution in [3.05, 3.63) is 29.6 Å². The molecule has 20 heavy (non-hydrogen) atoms. The topological polar surface area (TPSA) is 29.5 Å². The van der Waals surface area contributed by atoms with E-state index >= 15 is 0 Å². The highest BCUT2D eigenvalue weighted by atomic mass is 19.4. The number of hydrogen-bond donors (Lipinski definition) is 1. The van der Waals surface area contributed by atoms with Crippen LogP contribution < -0.4 is 4.74 Å². The van der Waals surface area contributed by atoms with Gasteiger partial charge in [0.1, 0.15) is 0 Å². The summed E-state index contributed by atoms with van der Waals surface area (Å²) in [5, 5.41) is 10.5. The van der Waals surface area contributed by atoms with Crippen molar-refractivity contribution in [1.29, 1.82) is 0 Å². The van der Waals surface area contributed by atoms with Gasteiger partial charge in [0.25, 0.3) is 0 Å². The second-order valence-electron chi connectivity index (χ2n) is 5.19. The Labute approximate surface area is 114 Å². The number of rotatable bonds is 2. The number of aliphatic hydroxyl groups is 1. The van der Waals surface area contributed by atoms with E-state index in [4.69, 9.17) is 4.74 Å². The molecule has 0 aliphatic heterocycles. The fourth-order valence-corrected chi connectivity index (χ4v) is 2.80. The van der Waals surface area contributed by atoms with Gasteiger partial charge in [0.05, 0.1) is 18.6 Å². The molecule has 1 aliphatic rings. The maximum Gasteiger partial charge on any atom is 0.391 e. The molecule has 1 N–H and O–H groups in total. The summed E-state index contributed by atoms with van der Waals surface area (Å²) in [6.45, 7) is 0. The minimum absolute atomic E-state index is 0.0304. The van der Waals surface area contributed by atoms with E-state index in [9.17, 15) is 22.7 Å². The number of alkyl halides is 3. The smallest absolute Gasteiger partial charge is 0.391 e. The molecule has 2 atom stereocenters. The second kappa shape index (κ2) is 5.24. The van der Waals surface area contributed by atoms with Gasteiger partial charge in [-0.05, 0) is 31.7 Å². The van der Waals surface area contributed by atoms with Gasteiger partial charge in [-0.2, -0.15) is 13.2 Å². The molecular formula is C14H16F4O2. The van der Waals surface area contributed by atoms with Gasteiger partial charge in [-0.1, -0.05) is 12.1 Å². The lowest BCUT2D eigenvalue weighted by atomic mass is 9.74. The van der Waals surface area contributed by atoms with Gasteiger partial charge in [0.2, 0.25) is 0 Å². The first-order valence-corrected chi connectivity index (χ1v) is 6.40. The number of methoxy groups -OCH3 is 1. The van der Waals surface area contributed by atoms with E-state index in [-0.39, 0.29) is 30.6 Å². The average Bonchev–Trinajstić information content (AvgIpc) is 2.38. The molecule has 0 amide bonds. The van der Waals surface area contributed by atoms with Crippen LogP contribution in [0.25, 0.3) is 0 Å². The molecule has 0 spiro atoms. The maximum atomic E-state index is 14.2. The van der Waals surface area contributed by atoms with E-state index in [0.29, 0.717) is 0 Å². The predicted molar refractivity (Wildman–Crippen MR) is 64.9 cm³/mol. The Morgan fingerprint density at radius 3 is 2.65 bits per heavy atom. The lowest BCUT2D eigenvalue weighted by Gasteiger charge is -2.38. The molecule has 0 bridgehead atoms. The van der Waals surface area contributed by atoms with Gasteiger partial charge < -0.3 is 9.84 Å². The zero-order chi connectivity index (χ0) is 15.0. The molecule has 1 saturated carbocycles. The Kier molecular flexibility index (Phi) is 3.95. The van der Waals surface area contributed by atoms with Crippen LogP contribution in [0.3, 0.4) is 0 Å². The van der Waals surface area contributed by atoms with Crippen LogP contribution in [0.2, 0.25) is 0 Å². The summed E-state index contributed by atoms with van der Waals surface area (Å²) < 4.78 is 57.4. The zero-order valence-corrected chi connectivity index (χ0v) is 11.0. The minimum Gasteiger partial charge on any atom is -0.494 e. The van der Waals surface area contributed by atoms with Crippen LogP contribution in [0.1, 0.15) is 31.2 Å². The summed E-state index contributed by atoms with van der Waals surface area (Å²) in [6, 6.07) is 4.15. The third kappa shape index (κ3) is 2.75. The van der Waals surface area contributed by atoms with Gasteiger partial charge in [-0.15, -0.1) is 0 Å². The molecule has 1 aromatic rings. The van der Waals surface area contributed by atoms with Crippen molar-refractivity contribution in [3.63, 3.8) is 0 Å². The highest BCUT2D eigenvalue weighted by molar-refractivity contribution is 5.35. The number of halogens is 4. The van der Waals surface area contributed by atoms with E-state index in [1.807, 2.05) is 0 Å². The Bertz CT molecular complexity index is 487. The van der Waals surface area contributed by atoms with Crippen molar-refractivity contribution in [2.75, 3.05) is 7.11 Å². The Balaban J connectivity index is 2.35. The minimum atomic E-state index is -4.37. The molecule has 0 saturated heterocycles. The van der Waals surface area contributed by atoms with Crippen molar-refractivity contribution in [2.24, 2.45) is 5.92 Å². The van der Waals surface area contributed by atoms with Crippen LogP contribution in [0.5, 0.6) is 5.75 Å². The third-order valence-electron chi connectivity index (χ3n) is 3.87. The average molecular weight is 292 g/mol. The quantitative estimate of drug-likeness (QED) is 0.841. The first-order valence-electron chi connectivity index (χ1n) is 6.40. The zero-order valence-electron chi connectivity index (χ0n) is 11.0. The van der Waals surface area contributed by atoms with Gasteiger partial charge in [-0.3, -0.25) is 0 Å². The largest absolute Gasteiger partial charge is 0.494 e. The highest BCUT2D eigenvalue weighted by Crippen LogP contribution is 2.47. The highest BCUT2D eigenvalue weighted by Gasteiger charge is 2.48. The lowest BCUT2D eigenvalue weighted by molar-refractivity contribution is -0.202. The van der Waals surface area contributed by atoms with Crippen molar-refractivity contribution in [2.45, 2.75) is 37.5 Å². The molecule has 0 aromatic heterocycles. The van der Waals surface area contributed by atoms with E-state index in [1.54, 1.807) is 0 Å². The van der Waals surface area contributed by atoms with Gasteiger partial charge in [0.15, 0.2) is 11.6 Å². The third-order valence-corrected chi connectivity index (χ3v) is 3.87. The Morgan fingerprint density at radius 1 is 1.35 bits per heavy atom. The monoisotopic (exact) mass is 292 g/mol. The van der Waals surface area contributed by atoms with E-state index in [0.717, 1.165) is 0 Å². The van der Waals surface area contributed by atoms with Crippen LogP contribution in [0.15, 0.2) is 18.2 Å². The SMILES string of the molecule is COc1cccc(C2(O)CCCC(C(F)(F)F)C2)c1F. The van der Waals surface area contributed by atoms with Crippen LogP contribution in [-0.2, 0) is 5.60 Å². The maximum absolute atomic E-state index is 14.2. The molecule has 6 heteroatoms. The molecular weight excluding hydrogens is 276 g/mol. The van der Waals surface area contributed by atoms with Gasteiger partial charge in [0, 0.05) is 5.56 Å². The van der Waals surface area contributed by atoms with Crippen LogP contribution in [-0.4, -0.2) is 18.4 Å². The summed E-state index contributed by atoms with van der Waals surface area (Å²) in [5.41, 5.74) is -1.91. The van der Waals surface area contributed by atoms with Crippen molar-refractivity contribution < 1.29 is 27.4 Å². The summed E-state index contributed by atoms with van der Waals surface area (Å²) in [4.78, 5) is 0. The van der Waals surface area contributed by atoms with E-state index < -0.39 is 29.9 Å². The molecule has 112 valence electrons. The fraction of sp³-hybridized carbons (Fsp3) is 0.571. The van der Waals surface area contributed by atoms with Crippen molar-refractivity contribution >= 4 is 0 Å². The molecule has 2 rings (SSSR count). The van der Waals surface area contributed by atoms with Crippen LogP contribution in [0.4, 0.5) is 17.6 Å². The number of benzene rings is 1. The van der Waals surface area contributed by atoms with E-state index in [2.05, 4.69) is 0 Å². The lowest BCUT2D eigenvalue weighted by Crippen LogP contribution is -2.39. The summed E-state index contributed by atoms with van der Waals surface area (Å²) in [7, 11) is 1.27. The molecule has 1 fully saturated rings. The van der Waals surface area contributed by atoms with Crippen LogP contribution >= 0.6 is 0 Å². The second-order valence-corrected chi connectivity index (χ2v) is 5.19. The first kappa shape index (κ1) is 15.1. The molecule has 2 nitrogen and oxygen atoms in total. The summed E-state index contributed by atoms with van der Waals surface area (Å²) in [5.74, 6) is -2.47. The molecule has 1 aromatic carbocycles. The Hall–Kier alpha value is -1.30. The number of hydrogen-bond acceptors (Lipinski definition) is 2. The molecule has 1 aliphatic carbocycles. The standard InChI is InChI=1S/C14H16F4O2/c1-20-11-6-2-5-10(12(11)15)13(19)7-3-4-9(8-13)14(16,17)18/h2,5-6,9,19H,3-4,7-8H2,1H3. The summed E-state index contributed by atoms with van der Waals surface area (Å²) in [6.07, 6.45) is -4.59. The van der Waals surface area contributed by atoms with Gasteiger partial charge >= 0.3 is 6.18 Å². The van der Waals surface area contributed by atoms with Gasteiger partial charge in [-0.25, -0.2) is 4.39 Å². The predicted octanol–water partition coefficient (Wildman–Crippen LogP) is 3.77. The normalized spacial score (nSPS) is 27.4. The number of ether oxygens (including phenoxy) is 1. The summed E-state index contributed by atoms with van der Waals surface area (Å²) >= 11 is 0. The van der Waals surface area contributed by atoms with Crippen LogP contribution in [0, 0.1) is 11.7 Å². The molecule has 0 radical (unpaired) electrons. The molecule has 2 unspecified atom stereocenters. The molecule has 0 heterocycles.